The van der Waals surface area contributed by atoms with Gasteiger partial charge in [-0.3, -0.25) is 4.79 Å². The number of aryl methyl sites for hydroxylation is 2. The fourth-order valence-electron chi connectivity index (χ4n) is 2.99. The third kappa shape index (κ3) is 6.63. The number of benzene rings is 2. The van der Waals surface area contributed by atoms with Gasteiger partial charge in [-0.15, -0.1) is 0 Å². The maximum atomic E-state index is 13.4. The smallest absolute Gasteiger partial charge is 0.243 e. The van der Waals surface area contributed by atoms with E-state index >= 15 is 0 Å². The molecule has 3 rings (SSSR count). The summed E-state index contributed by atoms with van der Waals surface area (Å²) >= 11 is 0. The van der Waals surface area contributed by atoms with Crippen molar-refractivity contribution in [1.82, 2.24) is 9.73 Å². The second-order valence-corrected chi connectivity index (χ2v) is 10.2. The Bertz CT molecular complexity index is 1210. The van der Waals surface area contributed by atoms with Crippen molar-refractivity contribution in [1.29, 1.82) is 0 Å². The Balaban J connectivity index is 1.83. The SMILES string of the molecule is Cc1ccc(CN(Cc2ccc(/C=N\NC(=O)C(C)C)o2)S(=O)(=O)c2ccc(C)cc2)cc1. The van der Waals surface area contributed by atoms with Gasteiger partial charge in [0.25, 0.3) is 0 Å². The Hall–Kier alpha value is -3.23. The second kappa shape index (κ2) is 10.6. The van der Waals surface area contributed by atoms with E-state index in [-0.39, 0.29) is 29.8 Å². The predicted octanol–water partition coefficient (Wildman–Crippen LogP) is 4.39. The first-order valence-electron chi connectivity index (χ1n) is 10.7. The van der Waals surface area contributed by atoms with Crippen LogP contribution in [0, 0.1) is 19.8 Å². The Kier molecular flexibility index (Phi) is 7.84. The molecule has 0 bridgehead atoms. The number of hydrogen-bond acceptors (Lipinski definition) is 5. The van der Waals surface area contributed by atoms with Crippen LogP contribution in [-0.4, -0.2) is 24.8 Å². The Morgan fingerprint density at radius 2 is 1.58 bits per heavy atom. The lowest BCUT2D eigenvalue weighted by molar-refractivity contribution is -0.123. The van der Waals surface area contributed by atoms with Gasteiger partial charge in [0.05, 0.1) is 17.7 Å². The summed E-state index contributed by atoms with van der Waals surface area (Å²) in [4.78, 5) is 11.8. The van der Waals surface area contributed by atoms with Crippen LogP contribution in [0.5, 0.6) is 0 Å². The average Bonchev–Trinajstić information content (AvgIpc) is 3.22. The molecule has 1 N–H and O–H groups in total. The van der Waals surface area contributed by atoms with E-state index in [1.807, 2.05) is 38.1 Å². The highest BCUT2D eigenvalue weighted by atomic mass is 32.2. The first kappa shape index (κ1) is 24.4. The molecule has 0 saturated heterocycles. The minimum atomic E-state index is -3.77. The number of hydrogen-bond donors (Lipinski definition) is 1. The minimum Gasteiger partial charge on any atom is -0.459 e. The lowest BCUT2D eigenvalue weighted by atomic mass is 10.1. The summed E-state index contributed by atoms with van der Waals surface area (Å²) in [5.74, 6) is 0.495. The number of sulfonamides is 1. The number of amides is 1. The zero-order valence-electron chi connectivity index (χ0n) is 19.3. The van der Waals surface area contributed by atoms with Crippen LogP contribution in [0.15, 0.2) is 75.1 Å². The van der Waals surface area contributed by atoms with Crippen LogP contribution in [0.3, 0.4) is 0 Å². The highest BCUT2D eigenvalue weighted by molar-refractivity contribution is 7.89. The number of furan rings is 1. The topological polar surface area (TPSA) is 92.0 Å². The van der Waals surface area contributed by atoms with Crippen molar-refractivity contribution in [3.8, 4) is 0 Å². The Morgan fingerprint density at radius 3 is 2.18 bits per heavy atom. The summed E-state index contributed by atoms with van der Waals surface area (Å²) in [5.41, 5.74) is 5.40. The van der Waals surface area contributed by atoms with E-state index in [2.05, 4.69) is 10.5 Å². The highest BCUT2D eigenvalue weighted by Crippen LogP contribution is 2.22. The fraction of sp³-hybridized carbons (Fsp3) is 0.280. The third-order valence-corrected chi connectivity index (χ3v) is 6.85. The van der Waals surface area contributed by atoms with E-state index in [9.17, 15) is 13.2 Å². The van der Waals surface area contributed by atoms with Crippen LogP contribution in [0.2, 0.25) is 0 Å². The molecular weight excluding hydrogens is 438 g/mol. The predicted molar refractivity (Wildman–Crippen MR) is 128 cm³/mol. The molecule has 1 aromatic heterocycles. The van der Waals surface area contributed by atoms with Crippen LogP contribution in [0.25, 0.3) is 0 Å². The van der Waals surface area contributed by atoms with Crippen molar-refractivity contribution >= 4 is 22.1 Å². The highest BCUT2D eigenvalue weighted by Gasteiger charge is 2.26. The van der Waals surface area contributed by atoms with E-state index in [0.29, 0.717) is 11.5 Å². The molecule has 0 aliphatic rings. The molecule has 1 heterocycles. The molecule has 3 aromatic rings. The maximum absolute atomic E-state index is 13.4. The van der Waals surface area contributed by atoms with Gasteiger partial charge in [0.1, 0.15) is 11.5 Å². The van der Waals surface area contributed by atoms with Crippen molar-refractivity contribution in [2.45, 2.75) is 45.7 Å². The summed E-state index contributed by atoms with van der Waals surface area (Å²) in [5, 5.41) is 3.89. The van der Waals surface area contributed by atoms with Gasteiger partial charge in [0.2, 0.25) is 15.9 Å². The number of carbonyl (C=O) groups is 1. The Labute approximate surface area is 195 Å². The van der Waals surface area contributed by atoms with E-state index in [1.165, 1.54) is 10.5 Å². The lowest BCUT2D eigenvalue weighted by Crippen LogP contribution is -2.30. The number of rotatable bonds is 9. The Morgan fingerprint density at radius 1 is 0.970 bits per heavy atom. The van der Waals surface area contributed by atoms with Crippen LogP contribution in [-0.2, 0) is 27.9 Å². The van der Waals surface area contributed by atoms with Crippen molar-refractivity contribution in [3.05, 3.63) is 88.9 Å². The summed E-state index contributed by atoms with van der Waals surface area (Å²) in [6.07, 6.45) is 1.39. The van der Waals surface area contributed by atoms with Gasteiger partial charge in [0, 0.05) is 12.5 Å². The summed E-state index contributed by atoms with van der Waals surface area (Å²) < 4.78 is 34.0. The van der Waals surface area contributed by atoms with E-state index in [1.54, 1.807) is 50.2 Å². The van der Waals surface area contributed by atoms with E-state index in [0.717, 1.165) is 16.7 Å². The molecule has 0 spiro atoms. The van der Waals surface area contributed by atoms with Crippen molar-refractivity contribution < 1.29 is 17.6 Å². The van der Waals surface area contributed by atoms with Gasteiger partial charge in [0.15, 0.2) is 0 Å². The third-order valence-electron chi connectivity index (χ3n) is 5.04. The van der Waals surface area contributed by atoms with E-state index < -0.39 is 10.0 Å². The molecule has 0 saturated carbocycles. The number of nitrogens with one attached hydrogen (secondary N) is 1. The quantitative estimate of drug-likeness (QED) is 0.373. The van der Waals surface area contributed by atoms with Crippen LogP contribution >= 0.6 is 0 Å². The summed E-state index contributed by atoms with van der Waals surface area (Å²) in [6, 6.07) is 17.9. The molecule has 1 amide bonds. The standard InChI is InChI=1S/C25H29N3O4S/c1-18(2)25(29)27-26-15-22-11-12-23(32-22)17-28(16-21-9-5-19(3)6-10-21)33(30,31)24-13-7-20(4)8-14-24/h5-15,18H,16-17H2,1-4H3,(H,27,29)/b26-15-. The number of nitrogens with zero attached hydrogens (tertiary/aromatic N) is 2. The normalized spacial score (nSPS) is 12.1. The van der Waals surface area contributed by atoms with Crippen molar-refractivity contribution in [3.63, 3.8) is 0 Å². The second-order valence-electron chi connectivity index (χ2n) is 8.26. The number of hydrazone groups is 1. The molecule has 0 fully saturated rings. The monoisotopic (exact) mass is 467 g/mol. The van der Waals surface area contributed by atoms with Gasteiger partial charge in [-0.1, -0.05) is 61.4 Å². The maximum Gasteiger partial charge on any atom is 0.243 e. The molecule has 7 nitrogen and oxygen atoms in total. The molecule has 8 heteroatoms. The fourth-order valence-corrected chi connectivity index (χ4v) is 4.39. The molecule has 0 atom stereocenters. The van der Waals surface area contributed by atoms with Crippen LogP contribution in [0.1, 0.15) is 42.1 Å². The van der Waals surface area contributed by atoms with Crippen molar-refractivity contribution in [2.75, 3.05) is 0 Å². The molecule has 0 aliphatic carbocycles. The molecule has 2 aromatic carbocycles. The summed E-state index contributed by atoms with van der Waals surface area (Å²) in [7, 11) is -3.77. The van der Waals surface area contributed by atoms with Gasteiger partial charge < -0.3 is 4.42 Å². The minimum absolute atomic E-state index is 0.0519. The van der Waals surface area contributed by atoms with Gasteiger partial charge in [-0.05, 0) is 43.7 Å². The molecular formula is C25H29N3O4S. The first-order valence-corrected chi connectivity index (χ1v) is 12.1. The molecule has 0 aliphatic heterocycles. The average molecular weight is 468 g/mol. The largest absolute Gasteiger partial charge is 0.459 e. The molecule has 33 heavy (non-hydrogen) atoms. The zero-order chi connectivity index (χ0) is 24.0. The molecule has 0 unspecified atom stereocenters. The lowest BCUT2D eigenvalue weighted by Gasteiger charge is -2.21. The first-order chi connectivity index (χ1) is 15.6. The van der Waals surface area contributed by atoms with E-state index in [4.69, 9.17) is 4.42 Å². The summed E-state index contributed by atoms with van der Waals surface area (Å²) in [6.45, 7) is 7.69. The van der Waals surface area contributed by atoms with Crippen LogP contribution in [0.4, 0.5) is 0 Å². The number of carbonyl (C=O) groups excluding carboxylic acids is 1. The van der Waals surface area contributed by atoms with Gasteiger partial charge >= 0.3 is 0 Å². The molecule has 0 radical (unpaired) electrons. The van der Waals surface area contributed by atoms with Crippen molar-refractivity contribution in [2.24, 2.45) is 11.0 Å². The van der Waals surface area contributed by atoms with Crippen LogP contribution < -0.4 is 5.43 Å². The van der Waals surface area contributed by atoms with Gasteiger partial charge in [-0.25, -0.2) is 13.8 Å². The zero-order valence-corrected chi connectivity index (χ0v) is 20.1. The molecule has 174 valence electrons. The van der Waals surface area contributed by atoms with Gasteiger partial charge in [-0.2, -0.15) is 9.41 Å².